The highest BCUT2D eigenvalue weighted by Crippen LogP contribution is 2.24. The molecule has 0 aliphatic rings. The monoisotopic (exact) mass is 292 g/mol. The van der Waals surface area contributed by atoms with Crippen molar-refractivity contribution in [2.24, 2.45) is 0 Å². The number of H-pyrrole nitrogens is 1. The number of fused-ring (bicyclic) bond motifs is 1. The van der Waals surface area contributed by atoms with Crippen LogP contribution in [0.3, 0.4) is 0 Å². The number of nitrogens with zero attached hydrogens (tertiary/aromatic N) is 1. The van der Waals surface area contributed by atoms with Crippen LogP contribution in [0.2, 0.25) is 0 Å². The van der Waals surface area contributed by atoms with E-state index in [0.29, 0.717) is 16.6 Å². The predicted octanol–water partition coefficient (Wildman–Crippen LogP) is 2.52. The number of hydrogen-bond acceptors (Lipinski definition) is 4. The summed E-state index contributed by atoms with van der Waals surface area (Å²) in [6.45, 7) is 0. The summed E-state index contributed by atoms with van der Waals surface area (Å²) in [7, 11) is 0. The number of aromatic nitrogens is 2. The third-order valence-corrected chi connectivity index (χ3v) is 3.25. The number of benzene rings is 1. The fourth-order valence-electron chi connectivity index (χ4n) is 2.14. The molecule has 0 atom stereocenters. The van der Waals surface area contributed by atoms with E-state index < -0.39 is 5.56 Å². The Morgan fingerprint density at radius 1 is 1.14 bits per heavy atom. The maximum atomic E-state index is 12.0. The standard InChI is InChI=1S/C17H12N2O3/c20-14(11-5-2-1-3-6-11)9-8-13-15(21)12-7-4-10-18-16(12)19-17(13)22/h1-10H,(H2,18,19,21,22)/b9-8+. The average Bonchev–Trinajstić information content (AvgIpc) is 2.55. The molecule has 0 fully saturated rings. The van der Waals surface area contributed by atoms with Crippen LogP contribution < -0.4 is 5.56 Å². The van der Waals surface area contributed by atoms with Gasteiger partial charge < -0.3 is 10.1 Å². The molecule has 5 heteroatoms. The number of carbonyl (C=O) groups excluding carboxylic acids is 1. The van der Waals surface area contributed by atoms with Gasteiger partial charge in [-0.15, -0.1) is 0 Å². The number of hydrogen-bond donors (Lipinski definition) is 2. The lowest BCUT2D eigenvalue weighted by Crippen LogP contribution is -2.10. The van der Waals surface area contributed by atoms with Gasteiger partial charge in [-0.3, -0.25) is 9.59 Å². The van der Waals surface area contributed by atoms with Gasteiger partial charge in [0.15, 0.2) is 5.78 Å². The highest BCUT2D eigenvalue weighted by Gasteiger charge is 2.10. The molecule has 2 aromatic heterocycles. The van der Waals surface area contributed by atoms with Gasteiger partial charge >= 0.3 is 0 Å². The minimum atomic E-state index is -0.499. The van der Waals surface area contributed by atoms with E-state index in [1.54, 1.807) is 36.4 Å². The van der Waals surface area contributed by atoms with Gasteiger partial charge in [-0.25, -0.2) is 4.98 Å². The van der Waals surface area contributed by atoms with Crippen LogP contribution in [0.4, 0.5) is 0 Å². The second kappa shape index (κ2) is 5.65. The number of carbonyl (C=O) groups is 1. The summed E-state index contributed by atoms with van der Waals surface area (Å²) in [6.07, 6.45) is 4.10. The third-order valence-electron chi connectivity index (χ3n) is 3.25. The quantitative estimate of drug-likeness (QED) is 0.574. The van der Waals surface area contributed by atoms with Crippen molar-refractivity contribution in [1.29, 1.82) is 0 Å². The van der Waals surface area contributed by atoms with Crippen LogP contribution in [-0.4, -0.2) is 20.9 Å². The Morgan fingerprint density at radius 3 is 2.68 bits per heavy atom. The van der Waals surface area contributed by atoms with E-state index in [9.17, 15) is 14.7 Å². The second-order valence-corrected chi connectivity index (χ2v) is 4.68. The number of allylic oxidation sites excluding steroid dienone is 1. The van der Waals surface area contributed by atoms with Crippen molar-refractivity contribution >= 4 is 22.9 Å². The molecule has 0 aliphatic heterocycles. The van der Waals surface area contributed by atoms with Gasteiger partial charge in [0.2, 0.25) is 0 Å². The molecule has 0 radical (unpaired) electrons. The van der Waals surface area contributed by atoms with Gasteiger partial charge in [-0.05, 0) is 24.3 Å². The van der Waals surface area contributed by atoms with Crippen LogP contribution in [0.1, 0.15) is 15.9 Å². The van der Waals surface area contributed by atoms with Gasteiger partial charge in [0.1, 0.15) is 11.4 Å². The Bertz CT molecular complexity index is 928. The van der Waals surface area contributed by atoms with E-state index >= 15 is 0 Å². The van der Waals surface area contributed by atoms with E-state index in [2.05, 4.69) is 9.97 Å². The second-order valence-electron chi connectivity index (χ2n) is 4.68. The van der Waals surface area contributed by atoms with Gasteiger partial charge in [-0.1, -0.05) is 30.3 Å². The van der Waals surface area contributed by atoms with Crippen LogP contribution in [0, 0.1) is 0 Å². The van der Waals surface area contributed by atoms with E-state index in [1.165, 1.54) is 18.3 Å². The van der Waals surface area contributed by atoms with Crippen LogP contribution in [0.5, 0.6) is 5.75 Å². The van der Waals surface area contributed by atoms with Crippen molar-refractivity contribution in [3.05, 3.63) is 76.2 Å². The summed E-state index contributed by atoms with van der Waals surface area (Å²) >= 11 is 0. The predicted molar refractivity (Wildman–Crippen MR) is 83.8 cm³/mol. The normalized spacial score (nSPS) is 11.1. The molecular formula is C17H12N2O3. The highest BCUT2D eigenvalue weighted by molar-refractivity contribution is 6.07. The lowest BCUT2D eigenvalue weighted by Gasteiger charge is -2.03. The molecule has 0 spiro atoms. The highest BCUT2D eigenvalue weighted by atomic mass is 16.3. The molecule has 1 aromatic carbocycles. The largest absolute Gasteiger partial charge is 0.506 e. The molecule has 3 aromatic rings. The summed E-state index contributed by atoms with van der Waals surface area (Å²) in [5, 5.41) is 10.6. The molecule has 0 saturated carbocycles. The SMILES string of the molecule is O=C(/C=C/c1c(O)c2cccnc2[nH]c1=O)c1ccccc1. The van der Waals surface area contributed by atoms with Crippen LogP contribution in [0.15, 0.2) is 59.5 Å². The van der Waals surface area contributed by atoms with Gasteiger partial charge in [-0.2, -0.15) is 0 Å². The van der Waals surface area contributed by atoms with Crippen LogP contribution in [0.25, 0.3) is 17.1 Å². The van der Waals surface area contributed by atoms with Crippen molar-refractivity contribution in [2.75, 3.05) is 0 Å². The summed E-state index contributed by atoms with van der Waals surface area (Å²) in [5.74, 6) is -0.436. The molecule has 2 N–H and O–H groups in total. The summed E-state index contributed by atoms with van der Waals surface area (Å²) < 4.78 is 0. The molecular weight excluding hydrogens is 280 g/mol. The lowest BCUT2D eigenvalue weighted by molar-refractivity contribution is 0.104. The molecule has 0 aliphatic carbocycles. The zero-order valence-electron chi connectivity index (χ0n) is 11.5. The number of ketones is 1. The number of aromatic amines is 1. The summed E-state index contributed by atoms with van der Waals surface area (Å²) in [4.78, 5) is 30.5. The zero-order chi connectivity index (χ0) is 15.5. The first-order chi connectivity index (χ1) is 10.7. The van der Waals surface area contributed by atoms with Gasteiger partial charge in [0.25, 0.3) is 5.56 Å². The van der Waals surface area contributed by atoms with Crippen molar-refractivity contribution < 1.29 is 9.90 Å². The maximum absolute atomic E-state index is 12.0. The smallest absolute Gasteiger partial charge is 0.260 e. The van der Waals surface area contributed by atoms with Crippen molar-refractivity contribution in [1.82, 2.24) is 9.97 Å². The first kappa shape index (κ1) is 13.8. The molecule has 22 heavy (non-hydrogen) atoms. The molecule has 2 heterocycles. The van der Waals surface area contributed by atoms with Crippen molar-refractivity contribution in [3.63, 3.8) is 0 Å². The van der Waals surface area contributed by atoms with E-state index in [0.717, 1.165) is 0 Å². The van der Waals surface area contributed by atoms with E-state index in [4.69, 9.17) is 0 Å². The molecule has 108 valence electrons. The Morgan fingerprint density at radius 2 is 1.91 bits per heavy atom. The van der Waals surface area contributed by atoms with Crippen molar-refractivity contribution in [2.45, 2.75) is 0 Å². The van der Waals surface area contributed by atoms with E-state index in [1.807, 2.05) is 6.07 Å². The number of pyridine rings is 2. The number of rotatable bonds is 3. The third kappa shape index (κ3) is 2.52. The molecule has 5 nitrogen and oxygen atoms in total. The van der Waals surface area contributed by atoms with Crippen LogP contribution in [-0.2, 0) is 0 Å². The van der Waals surface area contributed by atoms with Crippen molar-refractivity contribution in [3.8, 4) is 5.75 Å². The fraction of sp³-hybridized carbons (Fsp3) is 0. The first-order valence-electron chi connectivity index (χ1n) is 6.64. The fourth-order valence-corrected chi connectivity index (χ4v) is 2.14. The van der Waals surface area contributed by atoms with Gasteiger partial charge in [0.05, 0.1) is 10.9 Å². The molecule has 3 rings (SSSR count). The molecule has 0 unspecified atom stereocenters. The van der Waals surface area contributed by atoms with Gasteiger partial charge in [0, 0.05) is 11.8 Å². The topological polar surface area (TPSA) is 83.0 Å². The zero-order valence-corrected chi connectivity index (χ0v) is 11.5. The molecule has 0 saturated heterocycles. The van der Waals surface area contributed by atoms with E-state index in [-0.39, 0.29) is 17.1 Å². The minimum Gasteiger partial charge on any atom is -0.506 e. The maximum Gasteiger partial charge on any atom is 0.260 e. The number of aromatic hydroxyl groups is 1. The van der Waals surface area contributed by atoms with Crippen LogP contribution >= 0.6 is 0 Å². The number of nitrogens with one attached hydrogen (secondary N) is 1. The minimum absolute atomic E-state index is 0.0322. The summed E-state index contributed by atoms with van der Waals surface area (Å²) in [5.41, 5.74) is 0.347. The summed E-state index contributed by atoms with van der Waals surface area (Å²) in [6, 6.07) is 12.0. The Kier molecular flexibility index (Phi) is 3.53. The first-order valence-corrected chi connectivity index (χ1v) is 6.64. The molecule has 0 bridgehead atoms. The molecule has 0 amide bonds. The Labute approximate surface area is 125 Å². The lowest BCUT2D eigenvalue weighted by atomic mass is 10.1. The Hall–Kier alpha value is -3.21. The average molecular weight is 292 g/mol. The Balaban J connectivity index is 2.02.